The lowest BCUT2D eigenvalue weighted by Crippen LogP contribution is -2.31. The number of rotatable bonds is 8. The topological polar surface area (TPSA) is 67.2 Å². The number of benzene rings is 3. The summed E-state index contributed by atoms with van der Waals surface area (Å²) in [5, 5.41) is 8.42. The van der Waals surface area contributed by atoms with Crippen molar-refractivity contribution in [2.45, 2.75) is 13.0 Å². The number of hydrogen-bond acceptors (Lipinski definition) is 4. The molecule has 0 fully saturated rings. The maximum Gasteiger partial charge on any atom is 0.279 e. The van der Waals surface area contributed by atoms with Gasteiger partial charge < -0.3 is 10.2 Å². The molecule has 0 bridgehead atoms. The smallest absolute Gasteiger partial charge is 0.279 e. The molecule has 6 nitrogen and oxygen atoms in total. The standard InChI is InChI=1S/C26H26N4O2/c1-29(19-20-11-4-2-5-12-20)18-10-17-27-25(31)24-22-15-8-9-16-23(22)26(32)30(28-24)21-13-6-3-7-14-21/h2-9,11-16H,10,17-19H2,1H3,(H,27,31). The summed E-state index contributed by atoms with van der Waals surface area (Å²) in [6, 6.07) is 26.6. The van der Waals surface area contributed by atoms with E-state index in [4.69, 9.17) is 0 Å². The largest absolute Gasteiger partial charge is 0.351 e. The Hall–Kier alpha value is -3.77. The Morgan fingerprint density at radius 2 is 1.53 bits per heavy atom. The highest BCUT2D eigenvalue weighted by molar-refractivity contribution is 6.04. The zero-order chi connectivity index (χ0) is 22.3. The molecule has 1 heterocycles. The highest BCUT2D eigenvalue weighted by Crippen LogP contribution is 2.15. The summed E-state index contributed by atoms with van der Waals surface area (Å²) in [4.78, 5) is 28.2. The second-order valence-electron chi connectivity index (χ2n) is 7.78. The third-order valence-corrected chi connectivity index (χ3v) is 5.32. The molecule has 162 valence electrons. The minimum atomic E-state index is -0.281. The molecule has 4 aromatic rings. The molecule has 0 spiro atoms. The molecule has 1 amide bonds. The normalized spacial score (nSPS) is 11.1. The first kappa shape index (κ1) is 21.5. The monoisotopic (exact) mass is 426 g/mol. The average molecular weight is 427 g/mol. The van der Waals surface area contributed by atoms with Crippen LogP contribution >= 0.6 is 0 Å². The van der Waals surface area contributed by atoms with Crippen LogP contribution in [-0.4, -0.2) is 40.7 Å². The molecule has 0 atom stereocenters. The molecular weight excluding hydrogens is 400 g/mol. The van der Waals surface area contributed by atoms with E-state index >= 15 is 0 Å². The summed E-state index contributed by atoms with van der Waals surface area (Å²) in [5.41, 5.74) is 1.89. The number of nitrogens with zero attached hydrogens (tertiary/aromatic N) is 3. The van der Waals surface area contributed by atoms with Crippen molar-refractivity contribution in [2.75, 3.05) is 20.1 Å². The van der Waals surface area contributed by atoms with Gasteiger partial charge in [0, 0.05) is 18.5 Å². The minimum Gasteiger partial charge on any atom is -0.351 e. The van der Waals surface area contributed by atoms with Gasteiger partial charge in [0.2, 0.25) is 0 Å². The lowest BCUT2D eigenvalue weighted by Gasteiger charge is -2.17. The van der Waals surface area contributed by atoms with Crippen LogP contribution in [0.1, 0.15) is 22.5 Å². The molecule has 1 aromatic heterocycles. The molecule has 0 aliphatic carbocycles. The molecule has 0 saturated heterocycles. The maximum absolute atomic E-state index is 13.0. The van der Waals surface area contributed by atoms with Crippen LogP contribution in [0.4, 0.5) is 0 Å². The Labute approximate surface area is 187 Å². The highest BCUT2D eigenvalue weighted by atomic mass is 16.2. The summed E-state index contributed by atoms with van der Waals surface area (Å²) in [6.07, 6.45) is 0.811. The van der Waals surface area contributed by atoms with Gasteiger partial charge in [-0.15, -0.1) is 0 Å². The number of aromatic nitrogens is 2. The van der Waals surface area contributed by atoms with E-state index in [1.165, 1.54) is 10.2 Å². The Kier molecular flexibility index (Phi) is 6.72. The molecule has 4 rings (SSSR count). The summed E-state index contributed by atoms with van der Waals surface area (Å²) >= 11 is 0. The number of para-hydroxylation sites is 1. The third-order valence-electron chi connectivity index (χ3n) is 5.32. The Morgan fingerprint density at radius 3 is 2.25 bits per heavy atom. The Bertz CT molecular complexity index is 1250. The SMILES string of the molecule is CN(CCCNC(=O)c1nn(-c2ccccc2)c(=O)c2ccccc12)Cc1ccccc1. The van der Waals surface area contributed by atoms with E-state index in [-0.39, 0.29) is 17.2 Å². The van der Waals surface area contributed by atoms with Crippen LogP contribution < -0.4 is 10.9 Å². The third kappa shape index (κ3) is 4.92. The van der Waals surface area contributed by atoms with Gasteiger partial charge in [0.25, 0.3) is 11.5 Å². The molecule has 0 radical (unpaired) electrons. The van der Waals surface area contributed by atoms with Gasteiger partial charge in [-0.3, -0.25) is 9.59 Å². The van der Waals surface area contributed by atoms with Crippen molar-refractivity contribution >= 4 is 16.7 Å². The van der Waals surface area contributed by atoms with Crippen molar-refractivity contribution in [3.63, 3.8) is 0 Å². The van der Waals surface area contributed by atoms with E-state index in [2.05, 4.69) is 34.5 Å². The van der Waals surface area contributed by atoms with E-state index in [0.29, 0.717) is 23.0 Å². The molecule has 1 N–H and O–H groups in total. The van der Waals surface area contributed by atoms with Crippen molar-refractivity contribution in [3.05, 3.63) is 107 Å². The lowest BCUT2D eigenvalue weighted by atomic mass is 10.1. The van der Waals surface area contributed by atoms with E-state index in [9.17, 15) is 9.59 Å². The number of carbonyl (C=O) groups is 1. The maximum atomic E-state index is 13.0. The van der Waals surface area contributed by atoms with Gasteiger partial charge in [-0.05, 0) is 43.8 Å². The van der Waals surface area contributed by atoms with Gasteiger partial charge >= 0.3 is 0 Å². The number of amides is 1. The van der Waals surface area contributed by atoms with Crippen LogP contribution in [0.2, 0.25) is 0 Å². The second-order valence-corrected chi connectivity index (χ2v) is 7.78. The van der Waals surface area contributed by atoms with Gasteiger partial charge in [0.1, 0.15) is 0 Å². The number of hydrogen-bond donors (Lipinski definition) is 1. The van der Waals surface area contributed by atoms with Crippen molar-refractivity contribution in [3.8, 4) is 5.69 Å². The van der Waals surface area contributed by atoms with Crippen LogP contribution in [-0.2, 0) is 6.54 Å². The molecule has 0 aliphatic rings. The van der Waals surface area contributed by atoms with Crippen molar-refractivity contribution in [1.29, 1.82) is 0 Å². The lowest BCUT2D eigenvalue weighted by molar-refractivity contribution is 0.0947. The van der Waals surface area contributed by atoms with Crippen LogP contribution in [0.5, 0.6) is 0 Å². The zero-order valence-electron chi connectivity index (χ0n) is 18.1. The molecule has 6 heteroatoms. The molecule has 0 aliphatic heterocycles. The first-order valence-corrected chi connectivity index (χ1v) is 10.7. The number of carbonyl (C=O) groups excluding carboxylic acids is 1. The predicted molar refractivity (Wildman–Crippen MR) is 127 cm³/mol. The quantitative estimate of drug-likeness (QED) is 0.437. The van der Waals surface area contributed by atoms with Gasteiger partial charge in [-0.1, -0.05) is 66.7 Å². The molecule has 3 aromatic carbocycles. The van der Waals surface area contributed by atoms with E-state index in [0.717, 1.165) is 19.5 Å². The van der Waals surface area contributed by atoms with Crippen LogP contribution in [0.25, 0.3) is 16.5 Å². The predicted octanol–water partition coefficient (Wildman–Crippen LogP) is 3.64. The van der Waals surface area contributed by atoms with Gasteiger partial charge in [-0.2, -0.15) is 9.78 Å². The number of nitrogens with one attached hydrogen (secondary N) is 1. The molecule has 0 unspecified atom stereocenters. The zero-order valence-corrected chi connectivity index (χ0v) is 18.1. The number of fused-ring (bicyclic) bond motifs is 1. The highest BCUT2D eigenvalue weighted by Gasteiger charge is 2.17. The molecule has 32 heavy (non-hydrogen) atoms. The van der Waals surface area contributed by atoms with Crippen LogP contribution in [0.15, 0.2) is 89.7 Å². The minimum absolute atomic E-state index is 0.245. The molecule has 0 saturated carbocycles. The van der Waals surface area contributed by atoms with Crippen LogP contribution in [0.3, 0.4) is 0 Å². The first-order valence-electron chi connectivity index (χ1n) is 10.7. The van der Waals surface area contributed by atoms with E-state index < -0.39 is 0 Å². The summed E-state index contributed by atoms with van der Waals surface area (Å²) in [6.45, 7) is 2.24. The second kappa shape index (κ2) is 10.0. The Balaban J connectivity index is 1.46. The van der Waals surface area contributed by atoms with Gasteiger partial charge in [0.15, 0.2) is 5.69 Å². The molecular formula is C26H26N4O2. The Morgan fingerprint density at radius 1 is 0.906 bits per heavy atom. The fourth-order valence-electron chi connectivity index (χ4n) is 3.71. The van der Waals surface area contributed by atoms with Crippen molar-refractivity contribution in [1.82, 2.24) is 20.0 Å². The van der Waals surface area contributed by atoms with Gasteiger partial charge in [0.05, 0.1) is 11.1 Å². The fraction of sp³-hybridized carbons (Fsp3) is 0.192. The summed E-state index contributed by atoms with van der Waals surface area (Å²) < 4.78 is 1.30. The van der Waals surface area contributed by atoms with Gasteiger partial charge in [-0.25, -0.2) is 0 Å². The van der Waals surface area contributed by atoms with Crippen molar-refractivity contribution in [2.24, 2.45) is 0 Å². The van der Waals surface area contributed by atoms with E-state index in [1.54, 1.807) is 30.3 Å². The summed E-state index contributed by atoms with van der Waals surface area (Å²) in [7, 11) is 2.07. The first-order chi connectivity index (χ1) is 15.6. The van der Waals surface area contributed by atoms with Crippen molar-refractivity contribution < 1.29 is 4.79 Å². The fourth-order valence-corrected chi connectivity index (χ4v) is 3.71. The van der Waals surface area contributed by atoms with E-state index in [1.807, 2.05) is 42.5 Å². The summed E-state index contributed by atoms with van der Waals surface area (Å²) in [5.74, 6) is -0.281. The van der Waals surface area contributed by atoms with Crippen LogP contribution in [0, 0.1) is 0 Å². The average Bonchev–Trinajstić information content (AvgIpc) is 2.83.